The normalized spacial score (nSPS) is 16.3. The average Bonchev–Trinajstić information content (AvgIpc) is 2.41. The van der Waals surface area contributed by atoms with Crippen LogP contribution in [0.15, 0.2) is 18.2 Å². The number of anilines is 1. The quantitative estimate of drug-likeness (QED) is 0.919. The van der Waals surface area contributed by atoms with E-state index in [4.69, 9.17) is 0 Å². The number of nitrogens with zero attached hydrogens (tertiary/aromatic N) is 2. The Labute approximate surface area is 125 Å². The fourth-order valence-corrected chi connectivity index (χ4v) is 2.69. The molecule has 2 rings (SSSR count). The minimum absolute atomic E-state index is 0.0557. The molecule has 1 aliphatic heterocycles. The highest BCUT2D eigenvalue weighted by molar-refractivity contribution is 5.78. The van der Waals surface area contributed by atoms with Crippen LogP contribution >= 0.6 is 0 Å². The van der Waals surface area contributed by atoms with Gasteiger partial charge in [-0.15, -0.1) is 0 Å². The maximum absolute atomic E-state index is 13.9. The topological polar surface area (TPSA) is 35.6 Å². The molecule has 1 amide bonds. The van der Waals surface area contributed by atoms with Crippen molar-refractivity contribution in [3.8, 4) is 0 Å². The predicted molar refractivity (Wildman–Crippen MR) is 83.1 cm³/mol. The van der Waals surface area contributed by atoms with Gasteiger partial charge in [0.1, 0.15) is 5.82 Å². The Hall–Kier alpha value is -1.62. The SMILES string of the molecule is Cc1ccc(F)c(N2CCC(NC(=O)CN(C)C)CC2)c1. The lowest BCUT2D eigenvalue weighted by molar-refractivity contribution is -0.122. The maximum atomic E-state index is 13.9. The Morgan fingerprint density at radius 2 is 2.05 bits per heavy atom. The number of hydrogen-bond acceptors (Lipinski definition) is 3. The molecule has 0 unspecified atom stereocenters. The molecule has 116 valence electrons. The van der Waals surface area contributed by atoms with Crippen molar-refractivity contribution in [3.63, 3.8) is 0 Å². The van der Waals surface area contributed by atoms with E-state index in [0.29, 0.717) is 12.2 Å². The Morgan fingerprint density at radius 1 is 1.38 bits per heavy atom. The van der Waals surface area contributed by atoms with Gasteiger partial charge in [0.15, 0.2) is 0 Å². The summed E-state index contributed by atoms with van der Waals surface area (Å²) < 4.78 is 13.9. The molecular formula is C16H24FN3O. The van der Waals surface area contributed by atoms with Crippen molar-refractivity contribution >= 4 is 11.6 Å². The summed E-state index contributed by atoms with van der Waals surface area (Å²) in [6.45, 7) is 3.92. The number of carbonyl (C=O) groups is 1. The summed E-state index contributed by atoms with van der Waals surface area (Å²) in [5.74, 6) is -0.115. The third-order valence-electron chi connectivity index (χ3n) is 3.76. The number of hydrogen-bond donors (Lipinski definition) is 1. The summed E-state index contributed by atoms with van der Waals surface area (Å²) >= 11 is 0. The van der Waals surface area contributed by atoms with Crippen LogP contribution in [0.25, 0.3) is 0 Å². The molecule has 0 atom stereocenters. The monoisotopic (exact) mass is 293 g/mol. The fourth-order valence-electron chi connectivity index (χ4n) is 2.69. The highest BCUT2D eigenvalue weighted by atomic mass is 19.1. The molecule has 1 aliphatic rings. The van der Waals surface area contributed by atoms with Gasteiger partial charge in [-0.1, -0.05) is 6.07 Å². The first-order valence-corrected chi connectivity index (χ1v) is 7.41. The number of benzene rings is 1. The van der Waals surface area contributed by atoms with Crippen molar-refractivity contribution in [2.24, 2.45) is 0 Å². The zero-order valence-electron chi connectivity index (χ0n) is 13.0. The van der Waals surface area contributed by atoms with Crippen LogP contribution in [0.4, 0.5) is 10.1 Å². The lowest BCUT2D eigenvalue weighted by Crippen LogP contribution is -2.47. The first-order valence-electron chi connectivity index (χ1n) is 7.41. The van der Waals surface area contributed by atoms with Crippen LogP contribution in [0.1, 0.15) is 18.4 Å². The van der Waals surface area contributed by atoms with Crippen LogP contribution in [-0.2, 0) is 4.79 Å². The maximum Gasteiger partial charge on any atom is 0.234 e. The molecular weight excluding hydrogens is 269 g/mol. The molecule has 0 spiro atoms. The van der Waals surface area contributed by atoms with E-state index in [1.165, 1.54) is 6.07 Å². The number of rotatable bonds is 4. The molecule has 0 aromatic heterocycles. The lowest BCUT2D eigenvalue weighted by atomic mass is 10.0. The first kappa shape index (κ1) is 15.8. The zero-order valence-corrected chi connectivity index (χ0v) is 13.0. The van der Waals surface area contributed by atoms with E-state index >= 15 is 0 Å². The number of halogens is 1. The summed E-state index contributed by atoms with van der Waals surface area (Å²) in [6, 6.07) is 5.39. The molecule has 1 aromatic carbocycles. The van der Waals surface area contributed by atoms with Gasteiger partial charge in [-0.2, -0.15) is 0 Å². The summed E-state index contributed by atoms with van der Waals surface area (Å²) in [7, 11) is 3.76. The molecule has 0 saturated carbocycles. The molecule has 0 radical (unpaired) electrons. The van der Waals surface area contributed by atoms with E-state index in [1.54, 1.807) is 6.07 Å². The van der Waals surface area contributed by atoms with Gasteiger partial charge < -0.3 is 15.1 Å². The van der Waals surface area contributed by atoms with Crippen molar-refractivity contribution in [1.82, 2.24) is 10.2 Å². The van der Waals surface area contributed by atoms with Gasteiger partial charge in [0, 0.05) is 19.1 Å². The molecule has 21 heavy (non-hydrogen) atoms. The van der Waals surface area contributed by atoms with Crippen molar-refractivity contribution < 1.29 is 9.18 Å². The summed E-state index contributed by atoms with van der Waals surface area (Å²) in [5.41, 5.74) is 1.74. The summed E-state index contributed by atoms with van der Waals surface area (Å²) in [5, 5.41) is 3.05. The highest BCUT2D eigenvalue weighted by Crippen LogP contribution is 2.24. The van der Waals surface area contributed by atoms with Gasteiger partial charge in [0.2, 0.25) is 5.91 Å². The van der Waals surface area contributed by atoms with E-state index in [-0.39, 0.29) is 17.8 Å². The van der Waals surface area contributed by atoms with Crippen LogP contribution in [-0.4, -0.2) is 50.6 Å². The predicted octanol–water partition coefficient (Wildman–Crippen LogP) is 1.78. The Morgan fingerprint density at radius 3 is 2.67 bits per heavy atom. The second-order valence-electron chi connectivity index (χ2n) is 6.02. The molecule has 0 bridgehead atoms. The van der Waals surface area contributed by atoms with Gasteiger partial charge in [-0.3, -0.25) is 4.79 Å². The first-order chi connectivity index (χ1) is 9.95. The van der Waals surface area contributed by atoms with Crippen LogP contribution in [0.5, 0.6) is 0 Å². The van der Waals surface area contributed by atoms with E-state index in [9.17, 15) is 9.18 Å². The van der Waals surface area contributed by atoms with Crippen molar-refractivity contribution in [1.29, 1.82) is 0 Å². The van der Waals surface area contributed by atoms with E-state index in [2.05, 4.69) is 10.2 Å². The number of carbonyl (C=O) groups excluding carboxylic acids is 1. The molecule has 0 aliphatic carbocycles. The number of nitrogens with one attached hydrogen (secondary N) is 1. The van der Waals surface area contributed by atoms with Gasteiger partial charge in [0.25, 0.3) is 0 Å². The van der Waals surface area contributed by atoms with Gasteiger partial charge in [-0.25, -0.2) is 4.39 Å². The van der Waals surface area contributed by atoms with Crippen molar-refractivity contribution in [3.05, 3.63) is 29.6 Å². The number of likely N-dealkylation sites (N-methyl/N-ethyl adjacent to an activating group) is 1. The average molecular weight is 293 g/mol. The van der Waals surface area contributed by atoms with Gasteiger partial charge in [0.05, 0.1) is 12.2 Å². The third-order valence-corrected chi connectivity index (χ3v) is 3.76. The van der Waals surface area contributed by atoms with Crippen LogP contribution in [0.2, 0.25) is 0 Å². The smallest absolute Gasteiger partial charge is 0.234 e. The minimum atomic E-state index is -0.171. The number of piperidine rings is 1. The van der Waals surface area contributed by atoms with E-state index in [1.807, 2.05) is 32.0 Å². The summed E-state index contributed by atoms with van der Waals surface area (Å²) in [6.07, 6.45) is 1.71. The minimum Gasteiger partial charge on any atom is -0.369 e. The molecule has 1 N–H and O–H groups in total. The largest absolute Gasteiger partial charge is 0.369 e. The van der Waals surface area contributed by atoms with E-state index < -0.39 is 0 Å². The van der Waals surface area contributed by atoms with Crippen molar-refractivity contribution in [2.75, 3.05) is 38.6 Å². The van der Waals surface area contributed by atoms with Gasteiger partial charge in [-0.05, 0) is 51.6 Å². The molecule has 1 saturated heterocycles. The van der Waals surface area contributed by atoms with Crippen LogP contribution < -0.4 is 10.2 Å². The molecule has 5 heteroatoms. The second-order valence-corrected chi connectivity index (χ2v) is 6.02. The summed E-state index contributed by atoms with van der Waals surface area (Å²) in [4.78, 5) is 15.7. The number of aryl methyl sites for hydroxylation is 1. The molecule has 1 fully saturated rings. The Kier molecular flexibility index (Phi) is 5.17. The fraction of sp³-hybridized carbons (Fsp3) is 0.562. The highest BCUT2D eigenvalue weighted by Gasteiger charge is 2.22. The second kappa shape index (κ2) is 6.89. The zero-order chi connectivity index (χ0) is 15.4. The van der Waals surface area contributed by atoms with Crippen molar-refractivity contribution in [2.45, 2.75) is 25.8 Å². The standard InChI is InChI=1S/C16H24FN3O/c1-12-4-5-14(17)15(10-12)20-8-6-13(7-9-20)18-16(21)11-19(2)3/h4-5,10,13H,6-9,11H2,1-3H3,(H,18,21). The molecule has 1 aromatic rings. The number of amides is 1. The van der Waals surface area contributed by atoms with Crippen LogP contribution in [0, 0.1) is 12.7 Å². The van der Waals surface area contributed by atoms with E-state index in [0.717, 1.165) is 31.5 Å². The molecule has 4 nitrogen and oxygen atoms in total. The van der Waals surface area contributed by atoms with Crippen LogP contribution in [0.3, 0.4) is 0 Å². The Balaban J connectivity index is 1.88. The van der Waals surface area contributed by atoms with Gasteiger partial charge >= 0.3 is 0 Å². The lowest BCUT2D eigenvalue weighted by Gasteiger charge is -2.34. The molecule has 1 heterocycles. The third kappa shape index (κ3) is 4.43. The Bertz CT molecular complexity index is 496.